The maximum Gasteiger partial charge on any atom is 0.198 e. The molecule has 3 aliphatic heterocycles. The number of benzene rings is 1. The molecule has 0 spiro atoms. The maximum atomic E-state index is 6.01. The first-order chi connectivity index (χ1) is 15.9. The van der Waals surface area contributed by atoms with Crippen molar-refractivity contribution in [1.29, 1.82) is 0 Å². The van der Waals surface area contributed by atoms with Crippen LogP contribution in [0.3, 0.4) is 0 Å². The Labute approximate surface area is 206 Å². The van der Waals surface area contributed by atoms with Crippen molar-refractivity contribution in [3.63, 3.8) is 0 Å². The van der Waals surface area contributed by atoms with E-state index in [1.807, 2.05) is 0 Å². The second kappa shape index (κ2) is 11.2. The van der Waals surface area contributed by atoms with Crippen LogP contribution >= 0.6 is 19.6 Å². The lowest BCUT2D eigenvalue weighted by Crippen LogP contribution is -2.44. The molecule has 0 amide bonds. The van der Waals surface area contributed by atoms with E-state index in [-0.39, 0.29) is 5.16 Å². The largest absolute Gasteiger partial charge is 0.378 e. The van der Waals surface area contributed by atoms with Gasteiger partial charge in [-0.2, -0.15) is 0 Å². The van der Waals surface area contributed by atoms with Crippen molar-refractivity contribution in [2.24, 2.45) is 4.74 Å². The van der Waals surface area contributed by atoms with Crippen LogP contribution in [0.15, 0.2) is 29.0 Å². The van der Waals surface area contributed by atoms with Crippen molar-refractivity contribution in [2.45, 2.75) is 64.5 Å². The van der Waals surface area contributed by atoms with Gasteiger partial charge in [0.2, 0.25) is 0 Å². The standard InChI is InChI=1S/C25H42N5OPS/c1-25(2,3)32(29-14-8-4-9-15-29,30-16-10-5-11-17-30)27-24(33)26-22-12-6-7-13-23(22)28-18-20-31-21-19-28/h6-7,12-13H,4-5,8-11,14-21H2,1-3H3,(H,26,33). The Hall–Kier alpha value is -0.980. The normalized spacial score (nSPS) is 21.6. The van der Waals surface area contributed by atoms with Gasteiger partial charge in [-0.05, 0) is 50.0 Å². The topological polar surface area (TPSA) is 43.3 Å². The highest BCUT2D eigenvalue weighted by Gasteiger charge is 2.45. The molecular weight excluding hydrogens is 449 g/mol. The molecule has 33 heavy (non-hydrogen) atoms. The molecule has 0 bridgehead atoms. The van der Waals surface area contributed by atoms with Crippen molar-refractivity contribution in [2.75, 3.05) is 62.7 Å². The third-order valence-corrected chi connectivity index (χ3v) is 12.1. The smallest absolute Gasteiger partial charge is 0.198 e. The quantitative estimate of drug-likeness (QED) is 0.410. The monoisotopic (exact) mass is 491 g/mol. The first-order valence-corrected chi connectivity index (χ1v) is 14.8. The molecule has 1 aromatic carbocycles. The molecule has 0 aliphatic carbocycles. The molecular formula is C25H42N5OPS. The number of nitrogens with one attached hydrogen (secondary N) is 1. The third kappa shape index (κ3) is 5.65. The molecule has 3 heterocycles. The Bertz CT molecular complexity index is 831. The van der Waals surface area contributed by atoms with Crippen LogP contribution in [0.1, 0.15) is 59.3 Å². The zero-order valence-electron chi connectivity index (χ0n) is 20.8. The van der Waals surface area contributed by atoms with E-state index in [4.69, 9.17) is 21.7 Å². The second-order valence-electron chi connectivity index (χ2n) is 10.4. The van der Waals surface area contributed by atoms with Crippen LogP contribution < -0.4 is 10.2 Å². The molecule has 8 heteroatoms. The summed E-state index contributed by atoms with van der Waals surface area (Å²) in [4.78, 5) is 2.38. The number of morpholine rings is 1. The molecule has 0 aromatic heterocycles. The van der Waals surface area contributed by atoms with Gasteiger partial charge in [0.15, 0.2) is 5.11 Å². The van der Waals surface area contributed by atoms with Gasteiger partial charge in [0, 0.05) is 44.4 Å². The number of piperidine rings is 2. The summed E-state index contributed by atoms with van der Waals surface area (Å²) in [7, 11) is -2.02. The predicted molar refractivity (Wildman–Crippen MR) is 146 cm³/mol. The lowest BCUT2D eigenvalue weighted by atomic mass is 10.2. The summed E-state index contributed by atoms with van der Waals surface area (Å²) >= 11 is 6.01. The molecule has 3 saturated heterocycles. The number of thiocarbonyl (C=S) groups is 1. The zero-order valence-corrected chi connectivity index (χ0v) is 22.5. The molecule has 0 radical (unpaired) electrons. The summed E-state index contributed by atoms with van der Waals surface area (Å²) in [5.74, 6) is 0. The summed E-state index contributed by atoms with van der Waals surface area (Å²) in [6.45, 7) is 15.1. The molecule has 0 unspecified atom stereocenters. The van der Waals surface area contributed by atoms with Crippen LogP contribution in [-0.2, 0) is 4.74 Å². The minimum Gasteiger partial charge on any atom is -0.378 e. The van der Waals surface area contributed by atoms with Gasteiger partial charge in [0.1, 0.15) is 7.36 Å². The summed E-state index contributed by atoms with van der Waals surface area (Å²) in [5.41, 5.74) is 2.24. The summed E-state index contributed by atoms with van der Waals surface area (Å²) in [6, 6.07) is 8.49. The minimum atomic E-state index is -2.02. The Morgan fingerprint density at radius 2 is 1.42 bits per heavy atom. The maximum absolute atomic E-state index is 6.01. The van der Waals surface area contributed by atoms with Crippen molar-refractivity contribution < 1.29 is 4.74 Å². The van der Waals surface area contributed by atoms with Crippen molar-refractivity contribution in [1.82, 2.24) is 9.34 Å². The number of nitrogens with zero attached hydrogens (tertiary/aromatic N) is 4. The molecule has 6 nitrogen and oxygen atoms in total. The molecule has 3 fully saturated rings. The Balaban J connectivity index is 1.69. The van der Waals surface area contributed by atoms with Gasteiger partial charge in [-0.3, -0.25) is 9.34 Å². The van der Waals surface area contributed by atoms with Gasteiger partial charge in [-0.1, -0.05) is 45.7 Å². The van der Waals surface area contributed by atoms with Gasteiger partial charge in [0.25, 0.3) is 0 Å². The van der Waals surface area contributed by atoms with Crippen LogP contribution in [0.4, 0.5) is 11.4 Å². The highest BCUT2D eigenvalue weighted by molar-refractivity contribution is 7.81. The third-order valence-electron chi connectivity index (χ3n) is 7.08. The van der Waals surface area contributed by atoms with Crippen LogP contribution in [0.25, 0.3) is 0 Å². The van der Waals surface area contributed by atoms with Gasteiger partial charge in [0.05, 0.1) is 24.6 Å². The van der Waals surface area contributed by atoms with Crippen molar-refractivity contribution in [3.05, 3.63) is 24.3 Å². The van der Waals surface area contributed by atoms with Gasteiger partial charge < -0.3 is 15.0 Å². The SMILES string of the molecule is CC(C)(C)P(=NC(=S)Nc1ccccc1N1CCOCC1)(N1CCCCC1)N1CCCCC1. The van der Waals surface area contributed by atoms with E-state index in [0.29, 0.717) is 5.11 Å². The van der Waals surface area contributed by atoms with E-state index < -0.39 is 7.36 Å². The van der Waals surface area contributed by atoms with Crippen LogP contribution in [0.5, 0.6) is 0 Å². The Morgan fingerprint density at radius 1 is 0.879 bits per heavy atom. The van der Waals surface area contributed by atoms with Crippen LogP contribution in [0.2, 0.25) is 0 Å². The second-order valence-corrected chi connectivity index (χ2v) is 14.6. The molecule has 1 N–H and O–H groups in total. The molecule has 3 aliphatic rings. The van der Waals surface area contributed by atoms with Gasteiger partial charge in [-0.25, -0.2) is 4.74 Å². The van der Waals surface area contributed by atoms with Crippen molar-refractivity contribution >= 4 is 36.1 Å². The van der Waals surface area contributed by atoms with Gasteiger partial charge in [-0.15, -0.1) is 0 Å². The first-order valence-electron chi connectivity index (χ1n) is 12.8. The van der Waals surface area contributed by atoms with Crippen LogP contribution in [0, 0.1) is 0 Å². The van der Waals surface area contributed by atoms with Gasteiger partial charge >= 0.3 is 0 Å². The molecule has 4 rings (SSSR count). The fraction of sp³-hybridized carbons (Fsp3) is 0.720. The Kier molecular flexibility index (Phi) is 8.51. The summed E-state index contributed by atoms with van der Waals surface area (Å²) in [5, 5.41) is 4.24. The number of ether oxygens (including phenoxy) is 1. The lowest BCUT2D eigenvalue weighted by molar-refractivity contribution is 0.123. The van der Waals surface area contributed by atoms with Crippen LogP contribution in [-0.4, -0.2) is 72.1 Å². The first kappa shape index (κ1) is 25.1. The predicted octanol–water partition coefficient (Wildman–Crippen LogP) is 6.02. The zero-order chi connectivity index (χ0) is 23.3. The van der Waals surface area contributed by atoms with E-state index in [2.05, 4.69) is 64.6 Å². The number of hydrogen-bond donors (Lipinski definition) is 1. The molecule has 0 atom stereocenters. The highest BCUT2D eigenvalue weighted by Crippen LogP contribution is 2.67. The van der Waals surface area contributed by atoms with E-state index in [0.717, 1.165) is 58.2 Å². The number of anilines is 2. The fourth-order valence-corrected chi connectivity index (χ4v) is 10.6. The lowest BCUT2D eigenvalue weighted by Gasteiger charge is -2.53. The van der Waals surface area contributed by atoms with E-state index in [1.54, 1.807) is 0 Å². The summed E-state index contributed by atoms with van der Waals surface area (Å²) in [6.07, 6.45) is 7.72. The summed E-state index contributed by atoms with van der Waals surface area (Å²) < 4.78 is 16.6. The highest BCUT2D eigenvalue weighted by atomic mass is 32.1. The number of hydrogen-bond acceptors (Lipinski definition) is 3. The molecule has 184 valence electrons. The molecule has 1 aromatic rings. The van der Waals surface area contributed by atoms with E-state index in [1.165, 1.54) is 44.2 Å². The molecule has 0 saturated carbocycles. The average Bonchev–Trinajstić information content (AvgIpc) is 2.84. The van der Waals surface area contributed by atoms with E-state index >= 15 is 0 Å². The van der Waals surface area contributed by atoms with E-state index in [9.17, 15) is 0 Å². The number of rotatable bonds is 4. The number of para-hydroxylation sites is 2. The average molecular weight is 492 g/mol. The fourth-order valence-electron chi connectivity index (χ4n) is 5.54. The Morgan fingerprint density at radius 3 is 1.97 bits per heavy atom. The van der Waals surface area contributed by atoms with Crippen molar-refractivity contribution in [3.8, 4) is 0 Å². The minimum absolute atomic E-state index is 0.0388.